The van der Waals surface area contributed by atoms with Gasteiger partial charge in [-0.2, -0.15) is 0 Å². The van der Waals surface area contributed by atoms with Crippen LogP contribution in [0.4, 0.5) is 0 Å². The Kier molecular flexibility index (Phi) is 4.38. The molecule has 2 rings (SSSR count). The Morgan fingerprint density at radius 2 is 2.25 bits per heavy atom. The molecule has 1 saturated heterocycles. The van der Waals surface area contributed by atoms with Crippen molar-refractivity contribution in [3.8, 4) is 0 Å². The van der Waals surface area contributed by atoms with Crippen LogP contribution in [0.1, 0.15) is 30.7 Å². The van der Waals surface area contributed by atoms with E-state index < -0.39 is 0 Å². The van der Waals surface area contributed by atoms with Gasteiger partial charge < -0.3 is 10.2 Å². The van der Waals surface area contributed by atoms with Crippen molar-refractivity contribution in [3.05, 3.63) is 22.4 Å². The second kappa shape index (κ2) is 5.80. The van der Waals surface area contributed by atoms with E-state index in [-0.39, 0.29) is 0 Å². The van der Waals surface area contributed by atoms with Crippen LogP contribution in [0.25, 0.3) is 0 Å². The highest BCUT2D eigenvalue weighted by Gasteiger charge is 2.17. The number of piperidine rings is 1. The number of hydrogen-bond acceptors (Lipinski definition) is 3. The van der Waals surface area contributed by atoms with Crippen LogP contribution in [0.3, 0.4) is 0 Å². The molecule has 0 aliphatic carbocycles. The van der Waals surface area contributed by atoms with E-state index in [1.165, 1.54) is 37.4 Å². The van der Waals surface area contributed by atoms with Gasteiger partial charge in [0.25, 0.3) is 0 Å². The molecule has 0 radical (unpaired) electrons. The standard InChI is InChI=1S/C13H22N2S/c1-11(13-4-3-9-16-13)14-10-12-5-7-15(2)8-6-12/h3-4,9,11-12,14H,5-8,10H2,1-2H3. The molecule has 0 bridgehead atoms. The van der Waals surface area contributed by atoms with Gasteiger partial charge in [0.1, 0.15) is 0 Å². The van der Waals surface area contributed by atoms with Gasteiger partial charge in [-0.25, -0.2) is 0 Å². The third kappa shape index (κ3) is 3.30. The first-order valence-corrected chi connectivity index (χ1v) is 7.09. The quantitative estimate of drug-likeness (QED) is 0.867. The summed E-state index contributed by atoms with van der Waals surface area (Å²) >= 11 is 1.85. The van der Waals surface area contributed by atoms with E-state index >= 15 is 0 Å². The highest BCUT2D eigenvalue weighted by molar-refractivity contribution is 7.10. The van der Waals surface area contributed by atoms with Crippen LogP contribution in [0, 0.1) is 5.92 Å². The summed E-state index contributed by atoms with van der Waals surface area (Å²) in [6.07, 6.45) is 2.70. The minimum Gasteiger partial charge on any atom is -0.309 e. The Labute approximate surface area is 103 Å². The molecule has 90 valence electrons. The minimum absolute atomic E-state index is 0.514. The van der Waals surface area contributed by atoms with Crippen molar-refractivity contribution < 1.29 is 0 Å². The van der Waals surface area contributed by atoms with E-state index in [4.69, 9.17) is 0 Å². The topological polar surface area (TPSA) is 15.3 Å². The summed E-state index contributed by atoms with van der Waals surface area (Å²) < 4.78 is 0. The predicted molar refractivity (Wildman–Crippen MR) is 71.0 cm³/mol. The highest BCUT2D eigenvalue weighted by Crippen LogP contribution is 2.20. The van der Waals surface area contributed by atoms with Gasteiger partial charge in [-0.3, -0.25) is 0 Å². The molecule has 1 aromatic rings. The average Bonchev–Trinajstić information content (AvgIpc) is 2.81. The largest absolute Gasteiger partial charge is 0.309 e. The van der Waals surface area contributed by atoms with Crippen LogP contribution in [-0.4, -0.2) is 31.6 Å². The Hall–Kier alpha value is -0.380. The maximum Gasteiger partial charge on any atom is 0.0386 e. The zero-order chi connectivity index (χ0) is 11.4. The van der Waals surface area contributed by atoms with Gasteiger partial charge in [-0.15, -0.1) is 11.3 Å². The molecule has 1 aromatic heterocycles. The normalized spacial score (nSPS) is 21.1. The predicted octanol–water partition coefficient (Wildman–Crippen LogP) is 2.74. The second-order valence-corrected chi connectivity index (χ2v) is 5.87. The Morgan fingerprint density at radius 3 is 2.88 bits per heavy atom. The van der Waals surface area contributed by atoms with Gasteiger partial charge in [0, 0.05) is 10.9 Å². The van der Waals surface area contributed by atoms with Crippen LogP contribution in [0.5, 0.6) is 0 Å². The third-order valence-corrected chi connectivity index (χ3v) is 4.58. The number of likely N-dealkylation sites (tertiary alicyclic amines) is 1. The molecular formula is C13H22N2S. The van der Waals surface area contributed by atoms with Crippen molar-refractivity contribution >= 4 is 11.3 Å². The molecule has 2 nitrogen and oxygen atoms in total. The number of nitrogens with one attached hydrogen (secondary N) is 1. The van der Waals surface area contributed by atoms with Gasteiger partial charge in [-0.05, 0) is 63.8 Å². The van der Waals surface area contributed by atoms with Gasteiger partial charge in [0.15, 0.2) is 0 Å². The molecule has 1 N–H and O–H groups in total. The van der Waals surface area contributed by atoms with Gasteiger partial charge >= 0.3 is 0 Å². The first-order chi connectivity index (χ1) is 7.75. The summed E-state index contributed by atoms with van der Waals surface area (Å²) in [5, 5.41) is 5.82. The Morgan fingerprint density at radius 1 is 1.50 bits per heavy atom. The molecular weight excluding hydrogens is 216 g/mol. The van der Waals surface area contributed by atoms with Gasteiger partial charge in [0.2, 0.25) is 0 Å². The van der Waals surface area contributed by atoms with Crippen LogP contribution < -0.4 is 5.32 Å². The van der Waals surface area contributed by atoms with E-state index in [0.717, 1.165) is 5.92 Å². The molecule has 1 aliphatic heterocycles. The molecule has 0 aromatic carbocycles. The molecule has 0 saturated carbocycles. The van der Waals surface area contributed by atoms with E-state index in [1.807, 2.05) is 11.3 Å². The smallest absolute Gasteiger partial charge is 0.0386 e. The van der Waals surface area contributed by atoms with Crippen molar-refractivity contribution in [2.75, 3.05) is 26.7 Å². The van der Waals surface area contributed by atoms with Crippen LogP contribution in [0.15, 0.2) is 17.5 Å². The lowest BCUT2D eigenvalue weighted by Gasteiger charge is -2.29. The van der Waals surface area contributed by atoms with Crippen molar-refractivity contribution in [2.24, 2.45) is 5.92 Å². The van der Waals surface area contributed by atoms with Crippen LogP contribution in [0.2, 0.25) is 0 Å². The summed E-state index contributed by atoms with van der Waals surface area (Å²) in [7, 11) is 2.22. The van der Waals surface area contributed by atoms with Crippen molar-refractivity contribution in [3.63, 3.8) is 0 Å². The zero-order valence-corrected chi connectivity index (χ0v) is 11.1. The fourth-order valence-electron chi connectivity index (χ4n) is 2.25. The van der Waals surface area contributed by atoms with E-state index in [9.17, 15) is 0 Å². The Bertz CT molecular complexity index is 289. The van der Waals surface area contributed by atoms with Crippen molar-refractivity contribution in [1.82, 2.24) is 10.2 Å². The van der Waals surface area contributed by atoms with Crippen molar-refractivity contribution in [2.45, 2.75) is 25.8 Å². The minimum atomic E-state index is 0.514. The molecule has 0 spiro atoms. The number of nitrogens with zero attached hydrogens (tertiary/aromatic N) is 1. The molecule has 1 atom stereocenters. The lowest BCUT2D eigenvalue weighted by atomic mass is 9.97. The lowest BCUT2D eigenvalue weighted by molar-refractivity contribution is 0.213. The molecule has 1 fully saturated rings. The number of hydrogen-bond donors (Lipinski definition) is 1. The SMILES string of the molecule is CC(NCC1CCN(C)CC1)c1cccs1. The third-order valence-electron chi connectivity index (χ3n) is 3.52. The molecule has 3 heteroatoms. The zero-order valence-electron chi connectivity index (χ0n) is 10.3. The lowest BCUT2D eigenvalue weighted by Crippen LogP contribution is -2.35. The van der Waals surface area contributed by atoms with Gasteiger partial charge in [0.05, 0.1) is 0 Å². The number of thiophene rings is 1. The Balaban J connectivity index is 1.71. The summed E-state index contributed by atoms with van der Waals surface area (Å²) in [6.45, 7) is 5.97. The summed E-state index contributed by atoms with van der Waals surface area (Å²) in [6, 6.07) is 4.87. The average molecular weight is 238 g/mol. The molecule has 16 heavy (non-hydrogen) atoms. The molecule has 1 aliphatic rings. The maximum atomic E-state index is 3.66. The molecule has 2 heterocycles. The van der Waals surface area contributed by atoms with E-state index in [2.05, 4.69) is 41.7 Å². The fourth-order valence-corrected chi connectivity index (χ4v) is 3.01. The van der Waals surface area contributed by atoms with Gasteiger partial charge in [-0.1, -0.05) is 6.07 Å². The number of rotatable bonds is 4. The summed E-state index contributed by atoms with van der Waals surface area (Å²) in [5.74, 6) is 0.874. The van der Waals surface area contributed by atoms with Crippen LogP contribution >= 0.6 is 11.3 Å². The molecule has 0 amide bonds. The maximum absolute atomic E-state index is 3.66. The second-order valence-electron chi connectivity index (χ2n) is 4.89. The van der Waals surface area contributed by atoms with Crippen molar-refractivity contribution in [1.29, 1.82) is 0 Å². The fraction of sp³-hybridized carbons (Fsp3) is 0.692. The molecule has 1 unspecified atom stereocenters. The van der Waals surface area contributed by atoms with Crippen LogP contribution in [-0.2, 0) is 0 Å². The summed E-state index contributed by atoms with van der Waals surface area (Å²) in [5.41, 5.74) is 0. The first kappa shape index (κ1) is 12.1. The van der Waals surface area contributed by atoms with E-state index in [1.54, 1.807) is 0 Å². The highest BCUT2D eigenvalue weighted by atomic mass is 32.1. The first-order valence-electron chi connectivity index (χ1n) is 6.21. The van der Waals surface area contributed by atoms with E-state index in [0.29, 0.717) is 6.04 Å². The monoisotopic (exact) mass is 238 g/mol. The summed E-state index contributed by atoms with van der Waals surface area (Å²) in [4.78, 5) is 3.88.